The molecule has 1 aromatic heterocycles. The summed E-state index contributed by atoms with van der Waals surface area (Å²) in [4.78, 5) is 2.17. The third-order valence-electron chi connectivity index (χ3n) is 3.37. The second-order valence-electron chi connectivity index (χ2n) is 4.59. The van der Waals surface area contributed by atoms with E-state index in [-0.39, 0.29) is 6.61 Å². The van der Waals surface area contributed by atoms with E-state index in [2.05, 4.69) is 17.9 Å². The van der Waals surface area contributed by atoms with Crippen LogP contribution < -0.4 is 0 Å². The molecule has 0 aliphatic carbocycles. The van der Waals surface area contributed by atoms with Crippen molar-refractivity contribution in [2.45, 2.75) is 13.5 Å². The van der Waals surface area contributed by atoms with Gasteiger partial charge in [-0.1, -0.05) is 19.1 Å². The Morgan fingerprint density at radius 2 is 2.05 bits per heavy atom. The van der Waals surface area contributed by atoms with E-state index in [0.717, 1.165) is 24.5 Å². The molecule has 4 heteroatoms. The van der Waals surface area contributed by atoms with Gasteiger partial charge in [-0.05, 0) is 30.8 Å². The molecular weight excluding hydrogens is 250 g/mol. The molecule has 4 nitrogen and oxygen atoms in total. The van der Waals surface area contributed by atoms with Crippen molar-refractivity contribution in [2.24, 2.45) is 0 Å². The van der Waals surface area contributed by atoms with E-state index < -0.39 is 0 Å². The molecule has 0 spiro atoms. The smallest absolute Gasteiger partial charge is 0.101 e. The largest absolute Gasteiger partial charge is 0.395 e. The Balaban J connectivity index is 2.31. The summed E-state index contributed by atoms with van der Waals surface area (Å²) in [5, 5.41) is 18.3. The second kappa shape index (κ2) is 6.90. The van der Waals surface area contributed by atoms with Crippen LogP contribution in [0.15, 0.2) is 42.6 Å². The lowest BCUT2D eigenvalue weighted by Crippen LogP contribution is -2.27. The van der Waals surface area contributed by atoms with Crippen LogP contribution in [-0.4, -0.2) is 34.3 Å². The van der Waals surface area contributed by atoms with Crippen molar-refractivity contribution >= 4 is 0 Å². The molecule has 0 bridgehead atoms. The second-order valence-corrected chi connectivity index (χ2v) is 4.59. The quantitative estimate of drug-likeness (QED) is 0.874. The third-order valence-corrected chi connectivity index (χ3v) is 3.37. The molecule has 0 atom stereocenters. The van der Waals surface area contributed by atoms with Gasteiger partial charge in [-0.3, -0.25) is 4.90 Å². The summed E-state index contributed by atoms with van der Waals surface area (Å²) >= 11 is 0. The molecule has 104 valence electrons. The lowest BCUT2D eigenvalue weighted by molar-refractivity contribution is 0.195. The van der Waals surface area contributed by atoms with Crippen LogP contribution in [0.3, 0.4) is 0 Å². The van der Waals surface area contributed by atoms with Gasteiger partial charge in [-0.15, -0.1) is 0 Å². The molecule has 0 saturated heterocycles. The lowest BCUT2D eigenvalue weighted by atomic mass is 10.2. The Bertz CT molecular complexity index is 598. The van der Waals surface area contributed by atoms with Crippen molar-refractivity contribution < 1.29 is 5.11 Å². The van der Waals surface area contributed by atoms with E-state index in [0.29, 0.717) is 12.1 Å². The summed E-state index contributed by atoms with van der Waals surface area (Å²) in [6, 6.07) is 13.8. The molecule has 1 N–H and O–H groups in total. The highest BCUT2D eigenvalue weighted by atomic mass is 16.3. The van der Waals surface area contributed by atoms with Gasteiger partial charge in [0.2, 0.25) is 0 Å². The Labute approximate surface area is 119 Å². The van der Waals surface area contributed by atoms with E-state index >= 15 is 0 Å². The zero-order valence-corrected chi connectivity index (χ0v) is 11.7. The first-order chi connectivity index (χ1) is 9.80. The number of benzene rings is 1. The number of rotatable bonds is 6. The number of aliphatic hydroxyl groups is 1. The molecule has 0 aliphatic heterocycles. The molecule has 0 radical (unpaired) electrons. The Hall–Kier alpha value is -2.09. The number of aliphatic hydroxyl groups excluding tert-OH is 1. The van der Waals surface area contributed by atoms with Gasteiger partial charge < -0.3 is 9.67 Å². The normalized spacial score (nSPS) is 10.7. The predicted molar refractivity (Wildman–Crippen MR) is 78.5 cm³/mol. The summed E-state index contributed by atoms with van der Waals surface area (Å²) in [7, 11) is 0. The highest BCUT2D eigenvalue weighted by Gasteiger charge is 2.10. The molecular formula is C16H19N3O. The van der Waals surface area contributed by atoms with Gasteiger partial charge in [0.25, 0.3) is 0 Å². The first kappa shape index (κ1) is 14.3. The van der Waals surface area contributed by atoms with Gasteiger partial charge in [-0.25, -0.2) is 0 Å². The number of para-hydroxylation sites is 1. The minimum atomic E-state index is 0.156. The number of nitrogens with zero attached hydrogens (tertiary/aromatic N) is 3. The maximum Gasteiger partial charge on any atom is 0.101 e. The monoisotopic (exact) mass is 269 g/mol. The number of nitriles is 1. The molecule has 2 aromatic rings. The minimum Gasteiger partial charge on any atom is -0.395 e. The minimum absolute atomic E-state index is 0.156. The van der Waals surface area contributed by atoms with Crippen molar-refractivity contribution in [3.8, 4) is 11.8 Å². The van der Waals surface area contributed by atoms with E-state index in [4.69, 9.17) is 5.11 Å². The summed E-state index contributed by atoms with van der Waals surface area (Å²) in [5.74, 6) is 0. The van der Waals surface area contributed by atoms with E-state index in [1.165, 1.54) is 0 Å². The van der Waals surface area contributed by atoms with Crippen molar-refractivity contribution in [2.75, 3.05) is 19.7 Å². The number of aromatic nitrogens is 1. The summed E-state index contributed by atoms with van der Waals surface area (Å²) in [5.41, 5.74) is 2.67. The Morgan fingerprint density at radius 3 is 2.75 bits per heavy atom. The molecule has 0 aliphatic rings. The van der Waals surface area contributed by atoms with Crippen LogP contribution >= 0.6 is 0 Å². The van der Waals surface area contributed by atoms with Crippen LogP contribution in [0.4, 0.5) is 0 Å². The van der Waals surface area contributed by atoms with Crippen LogP contribution in [-0.2, 0) is 6.54 Å². The average Bonchev–Trinajstić information content (AvgIpc) is 2.94. The zero-order chi connectivity index (χ0) is 14.4. The predicted octanol–water partition coefficient (Wildman–Crippen LogP) is 2.16. The van der Waals surface area contributed by atoms with Gasteiger partial charge in [0.05, 0.1) is 17.9 Å². The third kappa shape index (κ3) is 3.08. The summed E-state index contributed by atoms with van der Waals surface area (Å²) < 4.78 is 2.04. The molecule has 1 heterocycles. The highest BCUT2D eigenvalue weighted by molar-refractivity contribution is 5.49. The van der Waals surface area contributed by atoms with Gasteiger partial charge in [0.15, 0.2) is 0 Å². The van der Waals surface area contributed by atoms with Gasteiger partial charge in [-0.2, -0.15) is 5.26 Å². The van der Waals surface area contributed by atoms with Gasteiger partial charge >= 0.3 is 0 Å². The summed E-state index contributed by atoms with van der Waals surface area (Å²) in [6.45, 7) is 4.52. The number of likely N-dealkylation sites (N-methyl/N-ethyl adjacent to an activating group) is 1. The maximum absolute atomic E-state index is 9.21. The molecule has 0 saturated carbocycles. The van der Waals surface area contributed by atoms with Crippen molar-refractivity contribution in [3.63, 3.8) is 0 Å². The first-order valence-electron chi connectivity index (χ1n) is 6.79. The first-order valence-corrected chi connectivity index (χ1v) is 6.79. The number of hydrogen-bond donors (Lipinski definition) is 1. The van der Waals surface area contributed by atoms with Crippen LogP contribution in [0.1, 0.15) is 18.2 Å². The van der Waals surface area contributed by atoms with E-state index in [1.807, 2.05) is 47.2 Å². The van der Waals surface area contributed by atoms with Crippen molar-refractivity contribution in [1.29, 1.82) is 5.26 Å². The summed E-state index contributed by atoms with van der Waals surface area (Å²) in [6.07, 6.45) is 1.97. The standard InChI is InChI=1S/C16H19N3O/c1-2-18(10-11-20)13-15-7-5-9-19(15)16-8-4-3-6-14(16)12-17/h3-9,20H,2,10-11,13H2,1H3. The van der Waals surface area contributed by atoms with Gasteiger partial charge in [0, 0.05) is 25.0 Å². The van der Waals surface area contributed by atoms with Crippen molar-refractivity contribution in [1.82, 2.24) is 9.47 Å². The number of hydrogen-bond acceptors (Lipinski definition) is 3. The van der Waals surface area contributed by atoms with Crippen LogP contribution in [0, 0.1) is 11.3 Å². The van der Waals surface area contributed by atoms with Crippen LogP contribution in [0.25, 0.3) is 5.69 Å². The topological polar surface area (TPSA) is 52.2 Å². The fourth-order valence-corrected chi connectivity index (χ4v) is 2.28. The highest BCUT2D eigenvalue weighted by Crippen LogP contribution is 2.18. The van der Waals surface area contributed by atoms with E-state index in [1.54, 1.807) is 0 Å². The molecule has 2 rings (SSSR count). The molecule has 20 heavy (non-hydrogen) atoms. The molecule has 1 aromatic carbocycles. The zero-order valence-electron chi connectivity index (χ0n) is 11.7. The fraction of sp³-hybridized carbons (Fsp3) is 0.312. The van der Waals surface area contributed by atoms with Gasteiger partial charge in [0.1, 0.15) is 6.07 Å². The van der Waals surface area contributed by atoms with Crippen LogP contribution in [0.5, 0.6) is 0 Å². The Kier molecular flexibility index (Phi) is 4.94. The maximum atomic E-state index is 9.21. The molecule has 0 fully saturated rings. The fourth-order valence-electron chi connectivity index (χ4n) is 2.28. The van der Waals surface area contributed by atoms with Crippen molar-refractivity contribution in [3.05, 3.63) is 53.9 Å². The molecule has 0 amide bonds. The lowest BCUT2D eigenvalue weighted by Gasteiger charge is -2.20. The molecule has 0 unspecified atom stereocenters. The SMILES string of the molecule is CCN(CCO)Cc1cccn1-c1ccccc1C#N. The van der Waals surface area contributed by atoms with E-state index in [9.17, 15) is 5.26 Å². The van der Waals surface area contributed by atoms with Crippen LogP contribution in [0.2, 0.25) is 0 Å². The average molecular weight is 269 g/mol. The Morgan fingerprint density at radius 1 is 1.25 bits per heavy atom.